The average Bonchev–Trinajstić information content (AvgIpc) is 2.59. The topological polar surface area (TPSA) is 42.2 Å². The Bertz CT molecular complexity index is 636. The van der Waals surface area contributed by atoms with Gasteiger partial charge in [-0.3, -0.25) is 0 Å². The molecule has 1 N–H and O–H groups in total. The van der Waals surface area contributed by atoms with Gasteiger partial charge >= 0.3 is 5.97 Å². The van der Waals surface area contributed by atoms with Crippen LogP contribution in [0.25, 0.3) is 10.9 Å². The van der Waals surface area contributed by atoms with E-state index in [1.54, 1.807) is 12.1 Å². The average molecular weight is 259 g/mol. The maximum atomic E-state index is 11.1. The fourth-order valence-electron chi connectivity index (χ4n) is 2.99. The summed E-state index contributed by atoms with van der Waals surface area (Å²) in [5.41, 5.74) is 3.98. The number of carboxylic acid groups (broad SMARTS) is 1. The minimum atomic E-state index is -0.869. The number of aromatic carboxylic acids is 1. The Balaban J connectivity index is 2.86. The summed E-state index contributed by atoms with van der Waals surface area (Å²) in [6.07, 6.45) is 0. The third-order valence-corrected chi connectivity index (χ3v) is 3.64. The van der Waals surface area contributed by atoms with E-state index >= 15 is 0 Å². The lowest BCUT2D eigenvalue weighted by atomic mass is 9.99. The predicted molar refractivity (Wildman–Crippen MR) is 78.1 cm³/mol. The van der Waals surface area contributed by atoms with Crippen LogP contribution in [0.5, 0.6) is 0 Å². The normalized spacial score (nSPS) is 11.7. The molecule has 0 amide bonds. The van der Waals surface area contributed by atoms with Gasteiger partial charge in [-0.1, -0.05) is 13.8 Å². The largest absolute Gasteiger partial charge is 0.478 e. The van der Waals surface area contributed by atoms with Crippen molar-refractivity contribution in [3.8, 4) is 0 Å². The lowest BCUT2D eigenvalue weighted by Gasteiger charge is -2.13. The molecule has 0 atom stereocenters. The Morgan fingerprint density at radius 1 is 1.21 bits per heavy atom. The van der Waals surface area contributed by atoms with Gasteiger partial charge < -0.3 is 9.67 Å². The molecule has 0 radical (unpaired) electrons. The molecule has 19 heavy (non-hydrogen) atoms. The zero-order valence-electron chi connectivity index (χ0n) is 12.2. The van der Waals surface area contributed by atoms with Crippen molar-refractivity contribution < 1.29 is 9.90 Å². The molecule has 2 aromatic rings. The first kappa shape index (κ1) is 13.7. The molecule has 3 heteroatoms. The second-order valence-electron chi connectivity index (χ2n) is 5.65. The Morgan fingerprint density at radius 3 is 2.32 bits per heavy atom. The standard InChI is InChI=1S/C16H21NO2/c1-9(2)15-11(5)17(10(3)4)14-7-6-12(16(18)19)8-13(14)15/h6-10H,1-5H3,(H,18,19). The van der Waals surface area contributed by atoms with Gasteiger partial charge in [-0.2, -0.15) is 0 Å². The summed E-state index contributed by atoms with van der Waals surface area (Å²) >= 11 is 0. The maximum absolute atomic E-state index is 11.1. The van der Waals surface area contributed by atoms with Crippen molar-refractivity contribution in [3.63, 3.8) is 0 Å². The third-order valence-electron chi connectivity index (χ3n) is 3.64. The van der Waals surface area contributed by atoms with Gasteiger partial charge in [0.25, 0.3) is 0 Å². The van der Waals surface area contributed by atoms with Gasteiger partial charge in [0.1, 0.15) is 0 Å². The van der Waals surface area contributed by atoms with E-state index in [-0.39, 0.29) is 0 Å². The second kappa shape index (κ2) is 4.72. The fraction of sp³-hybridized carbons (Fsp3) is 0.438. The van der Waals surface area contributed by atoms with E-state index in [2.05, 4.69) is 39.2 Å². The molecule has 102 valence electrons. The third kappa shape index (κ3) is 2.14. The van der Waals surface area contributed by atoms with Crippen molar-refractivity contribution in [2.45, 2.75) is 46.6 Å². The molecule has 1 heterocycles. The van der Waals surface area contributed by atoms with Crippen LogP contribution in [0.3, 0.4) is 0 Å². The number of nitrogens with zero attached hydrogens (tertiary/aromatic N) is 1. The molecule has 0 aliphatic rings. The molecule has 1 aromatic heterocycles. The number of carbonyl (C=O) groups is 1. The van der Waals surface area contributed by atoms with E-state index < -0.39 is 5.97 Å². The van der Waals surface area contributed by atoms with Crippen LogP contribution in [0.4, 0.5) is 0 Å². The summed E-state index contributed by atoms with van der Waals surface area (Å²) in [4.78, 5) is 11.1. The molecule has 0 aliphatic heterocycles. The molecule has 0 bridgehead atoms. The molecular formula is C16H21NO2. The first-order valence-corrected chi connectivity index (χ1v) is 6.72. The molecule has 0 saturated heterocycles. The Morgan fingerprint density at radius 2 is 1.84 bits per heavy atom. The van der Waals surface area contributed by atoms with Gasteiger partial charge in [-0.05, 0) is 50.5 Å². The number of hydrogen-bond donors (Lipinski definition) is 1. The number of hydrogen-bond acceptors (Lipinski definition) is 1. The van der Waals surface area contributed by atoms with E-state index in [0.717, 1.165) is 10.9 Å². The zero-order valence-corrected chi connectivity index (χ0v) is 12.2. The highest BCUT2D eigenvalue weighted by atomic mass is 16.4. The van der Waals surface area contributed by atoms with Gasteiger partial charge in [0.15, 0.2) is 0 Å². The van der Waals surface area contributed by atoms with E-state index in [0.29, 0.717) is 17.5 Å². The number of aromatic nitrogens is 1. The minimum absolute atomic E-state index is 0.357. The van der Waals surface area contributed by atoms with Crippen molar-refractivity contribution >= 4 is 16.9 Å². The van der Waals surface area contributed by atoms with Crippen LogP contribution in [0.15, 0.2) is 18.2 Å². The smallest absolute Gasteiger partial charge is 0.335 e. The first-order chi connectivity index (χ1) is 8.84. The Kier molecular flexibility index (Phi) is 3.40. The summed E-state index contributed by atoms with van der Waals surface area (Å²) in [6, 6.07) is 5.79. The molecule has 0 aliphatic carbocycles. The SMILES string of the molecule is Cc1c(C(C)C)c2cc(C(=O)O)ccc2n1C(C)C. The molecule has 3 nitrogen and oxygen atoms in total. The highest BCUT2D eigenvalue weighted by Gasteiger charge is 2.19. The lowest BCUT2D eigenvalue weighted by Crippen LogP contribution is -2.03. The van der Waals surface area contributed by atoms with Crippen LogP contribution in [0.1, 0.15) is 61.3 Å². The van der Waals surface area contributed by atoms with E-state index in [1.807, 2.05) is 6.07 Å². The van der Waals surface area contributed by atoms with Gasteiger partial charge in [0, 0.05) is 22.6 Å². The Hall–Kier alpha value is -1.77. The summed E-state index contributed by atoms with van der Waals surface area (Å²) in [5.74, 6) is -0.488. The molecule has 0 saturated carbocycles. The second-order valence-corrected chi connectivity index (χ2v) is 5.65. The number of carboxylic acids is 1. The molecule has 0 unspecified atom stereocenters. The van der Waals surface area contributed by atoms with Crippen LogP contribution in [-0.2, 0) is 0 Å². The number of fused-ring (bicyclic) bond motifs is 1. The molecule has 2 rings (SSSR count). The first-order valence-electron chi connectivity index (χ1n) is 6.72. The van der Waals surface area contributed by atoms with Gasteiger partial charge in [0.05, 0.1) is 5.56 Å². The van der Waals surface area contributed by atoms with Gasteiger partial charge in [-0.25, -0.2) is 4.79 Å². The van der Waals surface area contributed by atoms with E-state index in [4.69, 9.17) is 5.11 Å². The van der Waals surface area contributed by atoms with Crippen molar-refractivity contribution in [3.05, 3.63) is 35.0 Å². The number of rotatable bonds is 3. The predicted octanol–water partition coefficient (Wildman–Crippen LogP) is 4.35. The molecule has 0 fully saturated rings. The summed E-state index contributed by atoms with van der Waals surface area (Å²) in [7, 11) is 0. The zero-order chi connectivity index (χ0) is 14.3. The van der Waals surface area contributed by atoms with E-state index in [1.165, 1.54) is 11.3 Å². The van der Waals surface area contributed by atoms with Crippen LogP contribution in [0.2, 0.25) is 0 Å². The number of benzene rings is 1. The summed E-state index contributed by atoms with van der Waals surface area (Å²) < 4.78 is 2.29. The monoisotopic (exact) mass is 259 g/mol. The van der Waals surface area contributed by atoms with E-state index in [9.17, 15) is 4.79 Å². The summed E-state index contributed by atoms with van der Waals surface area (Å²) in [5, 5.41) is 10.2. The summed E-state index contributed by atoms with van der Waals surface area (Å²) in [6.45, 7) is 10.7. The fourth-order valence-corrected chi connectivity index (χ4v) is 2.99. The highest BCUT2D eigenvalue weighted by Crippen LogP contribution is 2.34. The Labute approximate surface area is 113 Å². The maximum Gasteiger partial charge on any atom is 0.335 e. The van der Waals surface area contributed by atoms with Crippen molar-refractivity contribution in [1.29, 1.82) is 0 Å². The van der Waals surface area contributed by atoms with Crippen LogP contribution in [-0.4, -0.2) is 15.6 Å². The van der Waals surface area contributed by atoms with Crippen molar-refractivity contribution in [2.24, 2.45) is 0 Å². The molecular weight excluding hydrogens is 238 g/mol. The van der Waals surface area contributed by atoms with Gasteiger partial charge in [0.2, 0.25) is 0 Å². The van der Waals surface area contributed by atoms with Crippen LogP contribution >= 0.6 is 0 Å². The van der Waals surface area contributed by atoms with Crippen LogP contribution < -0.4 is 0 Å². The van der Waals surface area contributed by atoms with Crippen LogP contribution in [0, 0.1) is 6.92 Å². The quantitative estimate of drug-likeness (QED) is 0.890. The highest BCUT2D eigenvalue weighted by molar-refractivity contribution is 5.95. The minimum Gasteiger partial charge on any atom is -0.478 e. The van der Waals surface area contributed by atoms with Crippen molar-refractivity contribution in [2.75, 3.05) is 0 Å². The molecule has 1 aromatic carbocycles. The van der Waals surface area contributed by atoms with Crippen molar-refractivity contribution in [1.82, 2.24) is 4.57 Å². The lowest BCUT2D eigenvalue weighted by molar-refractivity contribution is 0.0697. The molecule has 0 spiro atoms. The van der Waals surface area contributed by atoms with Gasteiger partial charge in [-0.15, -0.1) is 0 Å².